The average molecular weight is 268 g/mol. The van der Waals surface area contributed by atoms with Crippen molar-refractivity contribution >= 4 is 27.5 Å². The Hall–Kier alpha value is -0.830. The van der Waals surface area contributed by atoms with E-state index in [2.05, 4.69) is 40.3 Å². The van der Waals surface area contributed by atoms with Gasteiger partial charge < -0.3 is 5.32 Å². The summed E-state index contributed by atoms with van der Waals surface area (Å²) in [7, 11) is 0. The van der Waals surface area contributed by atoms with E-state index in [-0.39, 0.29) is 5.91 Å². The Morgan fingerprint density at radius 2 is 2.00 bits per heavy atom. The van der Waals surface area contributed by atoms with Crippen molar-refractivity contribution in [3.05, 3.63) is 27.7 Å². The summed E-state index contributed by atoms with van der Waals surface area (Å²) in [6.07, 6.45) is 2.27. The molecule has 1 unspecified atom stereocenters. The van der Waals surface area contributed by atoms with Gasteiger partial charge in [-0.2, -0.15) is 0 Å². The van der Waals surface area contributed by atoms with E-state index in [4.69, 9.17) is 0 Å². The third-order valence-electron chi connectivity index (χ3n) is 2.74. The Bertz CT molecular complexity index is 414. The molecule has 1 aromatic carbocycles. The molecule has 1 N–H and O–H groups in total. The van der Waals surface area contributed by atoms with Gasteiger partial charge in [0.15, 0.2) is 0 Å². The lowest BCUT2D eigenvalue weighted by molar-refractivity contribution is -0.114. The van der Waals surface area contributed by atoms with Gasteiger partial charge in [0.1, 0.15) is 0 Å². The smallest absolute Gasteiger partial charge is 0.221 e. The van der Waals surface area contributed by atoms with E-state index in [0.29, 0.717) is 0 Å². The quantitative estimate of drug-likeness (QED) is 0.832. The lowest BCUT2D eigenvalue weighted by Gasteiger charge is -2.08. The molecule has 0 radical (unpaired) electrons. The zero-order chi connectivity index (χ0) is 11.0. The fraction of sp³-hybridized carbons (Fsp3) is 0.417. The van der Waals surface area contributed by atoms with Gasteiger partial charge in [0.25, 0.3) is 0 Å². The zero-order valence-electron chi connectivity index (χ0n) is 8.93. The number of anilines is 1. The van der Waals surface area contributed by atoms with Crippen LogP contribution in [0, 0.1) is 5.92 Å². The van der Waals surface area contributed by atoms with Gasteiger partial charge in [0, 0.05) is 11.4 Å². The molecule has 0 aromatic heterocycles. The monoisotopic (exact) mass is 267 g/mol. The first-order valence-electron chi connectivity index (χ1n) is 5.15. The molecule has 2 rings (SSSR count). The first-order valence-corrected chi connectivity index (χ1v) is 5.94. The number of halogens is 1. The fourth-order valence-electron chi connectivity index (χ4n) is 2.15. The second-order valence-electron chi connectivity index (χ2n) is 4.30. The van der Waals surface area contributed by atoms with Crippen molar-refractivity contribution in [3.63, 3.8) is 0 Å². The van der Waals surface area contributed by atoms with Crippen molar-refractivity contribution in [1.82, 2.24) is 0 Å². The Morgan fingerprint density at radius 1 is 1.40 bits per heavy atom. The van der Waals surface area contributed by atoms with Gasteiger partial charge >= 0.3 is 0 Å². The van der Waals surface area contributed by atoms with Gasteiger partial charge in [-0.1, -0.05) is 6.92 Å². The molecule has 1 atom stereocenters. The van der Waals surface area contributed by atoms with E-state index in [9.17, 15) is 4.79 Å². The van der Waals surface area contributed by atoms with Crippen LogP contribution in [0.5, 0.6) is 0 Å². The Balaban J connectivity index is 2.35. The third kappa shape index (κ3) is 2.23. The summed E-state index contributed by atoms with van der Waals surface area (Å²) in [6.45, 7) is 3.79. The molecule has 1 aliphatic rings. The highest BCUT2D eigenvalue weighted by atomic mass is 79.9. The number of hydrogen-bond donors (Lipinski definition) is 1. The molecule has 0 aliphatic heterocycles. The van der Waals surface area contributed by atoms with Crippen LogP contribution in [0.25, 0.3) is 0 Å². The number of rotatable bonds is 1. The first kappa shape index (κ1) is 10.7. The summed E-state index contributed by atoms with van der Waals surface area (Å²) in [6, 6.07) is 4.22. The molecule has 0 saturated carbocycles. The summed E-state index contributed by atoms with van der Waals surface area (Å²) in [4.78, 5) is 11.0. The maximum atomic E-state index is 11.0. The van der Waals surface area contributed by atoms with Crippen LogP contribution < -0.4 is 5.32 Å². The maximum absolute atomic E-state index is 11.0. The highest BCUT2D eigenvalue weighted by Crippen LogP contribution is 2.33. The molecule has 2 nitrogen and oxygen atoms in total. The highest BCUT2D eigenvalue weighted by Gasteiger charge is 2.19. The Morgan fingerprint density at radius 3 is 2.60 bits per heavy atom. The lowest BCUT2D eigenvalue weighted by atomic mass is 10.1. The van der Waals surface area contributed by atoms with Gasteiger partial charge in [-0.25, -0.2) is 0 Å². The average Bonchev–Trinajstić information content (AvgIpc) is 2.44. The number of hydrogen-bond acceptors (Lipinski definition) is 1. The molecule has 1 amide bonds. The van der Waals surface area contributed by atoms with Crippen molar-refractivity contribution in [2.45, 2.75) is 26.7 Å². The van der Waals surface area contributed by atoms with Gasteiger partial charge in [-0.3, -0.25) is 4.79 Å². The molecule has 80 valence electrons. The molecular formula is C12H14BrNO. The molecule has 0 saturated heterocycles. The Labute approximate surface area is 98.2 Å². The van der Waals surface area contributed by atoms with E-state index in [1.165, 1.54) is 18.1 Å². The van der Waals surface area contributed by atoms with E-state index in [1.807, 2.05) is 0 Å². The van der Waals surface area contributed by atoms with Gasteiger partial charge in [0.05, 0.1) is 5.69 Å². The number of nitrogens with one attached hydrogen (secondary N) is 1. The summed E-state index contributed by atoms with van der Waals surface area (Å²) >= 11 is 3.48. The number of carbonyl (C=O) groups excluding carboxylic acids is 1. The van der Waals surface area contributed by atoms with E-state index in [0.717, 1.165) is 28.9 Å². The predicted octanol–water partition coefficient (Wildman–Crippen LogP) is 3.14. The van der Waals surface area contributed by atoms with Gasteiger partial charge in [-0.05, 0) is 57.9 Å². The topological polar surface area (TPSA) is 29.1 Å². The molecule has 1 aromatic rings. The van der Waals surface area contributed by atoms with Crippen LogP contribution in [0.3, 0.4) is 0 Å². The first-order chi connectivity index (χ1) is 7.06. The predicted molar refractivity (Wildman–Crippen MR) is 65.0 cm³/mol. The van der Waals surface area contributed by atoms with Crippen molar-refractivity contribution in [2.24, 2.45) is 5.92 Å². The van der Waals surface area contributed by atoms with Gasteiger partial charge in [0.2, 0.25) is 5.91 Å². The summed E-state index contributed by atoms with van der Waals surface area (Å²) in [5.74, 6) is 0.696. The van der Waals surface area contributed by atoms with E-state index < -0.39 is 0 Å². The van der Waals surface area contributed by atoms with Crippen LogP contribution in [0.1, 0.15) is 25.0 Å². The number of benzene rings is 1. The Kier molecular flexibility index (Phi) is 2.83. The van der Waals surface area contributed by atoms with Crippen LogP contribution >= 0.6 is 15.9 Å². The summed E-state index contributed by atoms with van der Waals surface area (Å²) in [5, 5.41) is 2.83. The zero-order valence-corrected chi connectivity index (χ0v) is 10.5. The van der Waals surface area contributed by atoms with Crippen molar-refractivity contribution in [1.29, 1.82) is 0 Å². The maximum Gasteiger partial charge on any atom is 0.221 e. The van der Waals surface area contributed by atoms with E-state index >= 15 is 0 Å². The largest absolute Gasteiger partial charge is 0.325 e. The number of fused-ring (bicyclic) bond motifs is 1. The molecule has 0 fully saturated rings. The van der Waals surface area contributed by atoms with E-state index in [1.54, 1.807) is 0 Å². The van der Waals surface area contributed by atoms with Crippen LogP contribution in [-0.4, -0.2) is 5.91 Å². The normalized spacial score (nSPS) is 18.7. The second-order valence-corrected chi connectivity index (χ2v) is 5.15. The highest BCUT2D eigenvalue weighted by molar-refractivity contribution is 9.10. The van der Waals surface area contributed by atoms with Gasteiger partial charge in [-0.15, -0.1) is 0 Å². The summed E-state index contributed by atoms with van der Waals surface area (Å²) in [5.41, 5.74) is 3.66. The van der Waals surface area contributed by atoms with Crippen molar-refractivity contribution < 1.29 is 4.79 Å². The van der Waals surface area contributed by atoms with Crippen molar-refractivity contribution in [3.8, 4) is 0 Å². The number of carbonyl (C=O) groups is 1. The van der Waals surface area contributed by atoms with Crippen LogP contribution in [-0.2, 0) is 17.6 Å². The molecule has 1 aliphatic carbocycles. The van der Waals surface area contributed by atoms with Crippen LogP contribution in [0.2, 0.25) is 0 Å². The minimum absolute atomic E-state index is 0.0262. The van der Waals surface area contributed by atoms with Crippen LogP contribution in [0.4, 0.5) is 5.69 Å². The second kappa shape index (κ2) is 3.97. The minimum Gasteiger partial charge on any atom is -0.325 e. The SMILES string of the molecule is CC(=O)Nc1cc2c(cc1Br)CC(C)C2. The van der Waals surface area contributed by atoms with Crippen LogP contribution in [0.15, 0.2) is 16.6 Å². The molecule has 0 bridgehead atoms. The lowest BCUT2D eigenvalue weighted by Crippen LogP contribution is -2.06. The summed E-state index contributed by atoms with van der Waals surface area (Å²) < 4.78 is 0.977. The minimum atomic E-state index is -0.0262. The fourth-order valence-corrected chi connectivity index (χ4v) is 2.64. The molecule has 0 heterocycles. The third-order valence-corrected chi connectivity index (χ3v) is 3.39. The molecule has 15 heavy (non-hydrogen) atoms. The molecule has 0 spiro atoms. The van der Waals surface area contributed by atoms with Crippen molar-refractivity contribution in [2.75, 3.05) is 5.32 Å². The molecular weight excluding hydrogens is 254 g/mol. The standard InChI is InChI=1S/C12H14BrNO/c1-7-3-9-5-11(13)12(14-8(2)15)6-10(9)4-7/h5-7H,3-4H2,1-2H3,(H,14,15). The number of amides is 1. The molecule has 3 heteroatoms.